The maximum atomic E-state index is 11.6. The number of anilines is 4. The number of carbonyl (C=O) groups excluding carboxylic acids is 1. The van der Waals surface area contributed by atoms with E-state index in [0.29, 0.717) is 24.9 Å². The molecule has 1 aromatic heterocycles. The predicted molar refractivity (Wildman–Crippen MR) is 173 cm³/mol. The van der Waals surface area contributed by atoms with Gasteiger partial charge in [-0.1, -0.05) is 42.5 Å². The zero-order chi connectivity index (χ0) is 29.9. The van der Waals surface area contributed by atoms with Crippen molar-refractivity contribution in [3.8, 4) is 5.75 Å². The molecule has 8 heteroatoms. The Morgan fingerprint density at radius 1 is 0.977 bits per heavy atom. The van der Waals surface area contributed by atoms with Crippen molar-refractivity contribution in [2.24, 2.45) is 11.7 Å². The number of ether oxygens (including phenoxy) is 2. The number of hydrogen-bond donors (Lipinski definition) is 3. The van der Waals surface area contributed by atoms with Crippen molar-refractivity contribution in [3.05, 3.63) is 108 Å². The predicted octanol–water partition coefficient (Wildman–Crippen LogP) is 6.30. The smallest absolute Gasteiger partial charge is 0.221 e. The molecular formula is C35H41N5O3. The van der Waals surface area contributed by atoms with Gasteiger partial charge in [-0.05, 0) is 72.7 Å². The van der Waals surface area contributed by atoms with Gasteiger partial charge in [0.05, 0.1) is 20.1 Å². The summed E-state index contributed by atoms with van der Waals surface area (Å²) in [6, 6.07) is 28.6. The van der Waals surface area contributed by atoms with E-state index in [2.05, 4.69) is 69.0 Å². The van der Waals surface area contributed by atoms with E-state index in [0.717, 1.165) is 54.4 Å². The number of hydrogen-bond acceptors (Lipinski definition) is 7. The lowest BCUT2D eigenvalue weighted by molar-refractivity contribution is -0.117. The van der Waals surface area contributed by atoms with Crippen LogP contribution in [0.1, 0.15) is 36.0 Å². The number of amides is 1. The summed E-state index contributed by atoms with van der Waals surface area (Å²) in [7, 11) is 1.68. The second-order valence-corrected chi connectivity index (χ2v) is 11.0. The van der Waals surface area contributed by atoms with Gasteiger partial charge in [0.2, 0.25) is 5.91 Å². The number of rotatable bonds is 14. The van der Waals surface area contributed by atoms with E-state index in [1.54, 1.807) is 13.3 Å². The molecule has 8 nitrogen and oxygen atoms in total. The van der Waals surface area contributed by atoms with Crippen LogP contribution in [0.2, 0.25) is 0 Å². The Morgan fingerprint density at radius 3 is 2.42 bits per heavy atom. The van der Waals surface area contributed by atoms with Crippen LogP contribution in [-0.2, 0) is 29.1 Å². The van der Waals surface area contributed by atoms with Crippen LogP contribution in [-0.4, -0.2) is 37.7 Å². The summed E-state index contributed by atoms with van der Waals surface area (Å²) in [5.74, 6) is 1.88. The number of nitrogens with zero attached hydrogens (tertiary/aromatic N) is 2. The first-order chi connectivity index (χ1) is 21.1. The molecule has 4 aromatic rings. The molecule has 1 aliphatic heterocycles. The van der Waals surface area contributed by atoms with Crippen molar-refractivity contribution in [2.75, 3.05) is 42.3 Å². The van der Waals surface area contributed by atoms with Gasteiger partial charge >= 0.3 is 0 Å². The minimum atomic E-state index is -0.386. The van der Waals surface area contributed by atoms with E-state index in [1.807, 2.05) is 36.4 Å². The van der Waals surface area contributed by atoms with Gasteiger partial charge in [-0.15, -0.1) is 0 Å². The average Bonchev–Trinajstić information content (AvgIpc) is 3.04. The third-order valence-electron chi connectivity index (χ3n) is 7.89. The quantitative estimate of drug-likeness (QED) is 0.151. The van der Waals surface area contributed by atoms with Crippen molar-refractivity contribution in [1.29, 1.82) is 0 Å². The van der Waals surface area contributed by atoms with Crippen LogP contribution in [0.3, 0.4) is 0 Å². The van der Waals surface area contributed by atoms with Crippen molar-refractivity contribution >= 4 is 28.8 Å². The number of nitrogens with two attached hydrogens (primary N) is 1. The molecule has 3 aromatic carbocycles. The van der Waals surface area contributed by atoms with Crippen LogP contribution in [0, 0.1) is 5.92 Å². The standard InChI is InChI=1S/C35H41N5O3/c1-42-32-13-7-28(8-14-32)25-43-20-17-26-15-18-40(19-16-26)31-11-9-30(10-12-31)39-35-22-33(29(24-38-35)21-34(36)41)37-23-27-5-3-2-4-6-27/h2-14,22,24,26H,15-21,23,25H2,1H3,(H2,36,41)(H2,37,38,39). The molecular weight excluding hydrogens is 538 g/mol. The second kappa shape index (κ2) is 15.1. The fourth-order valence-electron chi connectivity index (χ4n) is 5.38. The molecule has 1 amide bonds. The fourth-order valence-corrected chi connectivity index (χ4v) is 5.38. The maximum absolute atomic E-state index is 11.6. The maximum Gasteiger partial charge on any atom is 0.221 e. The normalized spacial score (nSPS) is 13.5. The first-order valence-electron chi connectivity index (χ1n) is 14.9. The Bertz CT molecular complexity index is 1440. The summed E-state index contributed by atoms with van der Waals surface area (Å²) in [6.45, 7) is 4.17. The van der Waals surface area contributed by atoms with Gasteiger partial charge in [-0.3, -0.25) is 4.79 Å². The molecule has 5 rings (SSSR count). The molecule has 224 valence electrons. The summed E-state index contributed by atoms with van der Waals surface area (Å²) >= 11 is 0. The van der Waals surface area contributed by atoms with E-state index in [4.69, 9.17) is 15.2 Å². The minimum absolute atomic E-state index is 0.131. The van der Waals surface area contributed by atoms with Gasteiger partial charge in [0, 0.05) is 61.1 Å². The minimum Gasteiger partial charge on any atom is -0.497 e. The lowest BCUT2D eigenvalue weighted by Crippen LogP contribution is -2.33. The lowest BCUT2D eigenvalue weighted by Gasteiger charge is -2.33. The molecule has 0 spiro atoms. The Labute approximate surface area is 254 Å². The molecule has 0 bridgehead atoms. The molecule has 1 fully saturated rings. The van der Waals surface area contributed by atoms with Gasteiger partial charge in [-0.2, -0.15) is 0 Å². The van der Waals surface area contributed by atoms with Crippen molar-refractivity contribution in [2.45, 2.75) is 38.8 Å². The zero-order valence-electron chi connectivity index (χ0n) is 24.8. The van der Waals surface area contributed by atoms with Crippen LogP contribution >= 0.6 is 0 Å². The molecule has 1 aliphatic rings. The van der Waals surface area contributed by atoms with Crippen molar-refractivity contribution in [1.82, 2.24) is 4.98 Å². The fraction of sp³-hybridized carbons (Fsp3) is 0.314. The Balaban J connectivity index is 1.09. The van der Waals surface area contributed by atoms with Gasteiger partial charge in [-0.25, -0.2) is 4.98 Å². The first-order valence-corrected chi connectivity index (χ1v) is 14.9. The Morgan fingerprint density at radius 2 is 1.72 bits per heavy atom. The van der Waals surface area contributed by atoms with Crippen LogP contribution in [0.5, 0.6) is 5.75 Å². The molecule has 4 N–H and O–H groups in total. The molecule has 0 radical (unpaired) electrons. The Kier molecular flexibility index (Phi) is 10.5. The number of benzene rings is 3. The highest BCUT2D eigenvalue weighted by Crippen LogP contribution is 2.28. The number of pyridine rings is 1. The second-order valence-electron chi connectivity index (χ2n) is 11.0. The van der Waals surface area contributed by atoms with Crippen LogP contribution in [0.4, 0.5) is 22.9 Å². The number of primary amides is 1. The zero-order valence-corrected chi connectivity index (χ0v) is 24.8. The van der Waals surface area contributed by atoms with Crippen LogP contribution in [0.15, 0.2) is 91.1 Å². The van der Waals surface area contributed by atoms with Crippen LogP contribution in [0.25, 0.3) is 0 Å². The molecule has 0 atom stereocenters. The van der Waals surface area contributed by atoms with Crippen molar-refractivity contribution in [3.63, 3.8) is 0 Å². The average molecular weight is 580 g/mol. The van der Waals surface area contributed by atoms with E-state index < -0.39 is 0 Å². The Hall–Kier alpha value is -4.56. The topological polar surface area (TPSA) is 102 Å². The van der Waals surface area contributed by atoms with Crippen LogP contribution < -0.4 is 26.0 Å². The highest BCUT2D eigenvalue weighted by Gasteiger charge is 2.19. The summed E-state index contributed by atoms with van der Waals surface area (Å²) < 4.78 is 11.2. The molecule has 0 aliphatic carbocycles. The summed E-state index contributed by atoms with van der Waals surface area (Å²) in [5.41, 5.74) is 11.6. The van der Waals surface area contributed by atoms with Gasteiger partial charge in [0.15, 0.2) is 0 Å². The number of nitrogens with one attached hydrogen (secondary N) is 2. The number of carbonyl (C=O) groups is 1. The lowest BCUT2D eigenvalue weighted by atomic mass is 9.93. The van der Waals surface area contributed by atoms with Crippen molar-refractivity contribution < 1.29 is 14.3 Å². The monoisotopic (exact) mass is 579 g/mol. The van der Waals surface area contributed by atoms with E-state index in [1.165, 1.54) is 24.1 Å². The summed E-state index contributed by atoms with van der Waals surface area (Å²) in [6.07, 6.45) is 5.29. The number of piperidine rings is 1. The van der Waals surface area contributed by atoms with Gasteiger partial charge < -0.3 is 30.7 Å². The molecule has 2 heterocycles. The summed E-state index contributed by atoms with van der Waals surface area (Å²) in [4.78, 5) is 18.6. The third-order valence-corrected chi connectivity index (χ3v) is 7.89. The first kappa shape index (κ1) is 29.9. The highest BCUT2D eigenvalue weighted by atomic mass is 16.5. The van der Waals surface area contributed by atoms with Gasteiger partial charge in [0.25, 0.3) is 0 Å². The van der Waals surface area contributed by atoms with E-state index in [-0.39, 0.29) is 12.3 Å². The molecule has 1 saturated heterocycles. The summed E-state index contributed by atoms with van der Waals surface area (Å²) in [5, 5.41) is 6.84. The third kappa shape index (κ3) is 8.96. The SMILES string of the molecule is COc1ccc(COCCC2CCN(c3ccc(Nc4cc(NCc5ccccc5)c(CC(N)=O)cn4)cc3)CC2)cc1. The molecule has 0 unspecified atom stereocenters. The van der Waals surface area contributed by atoms with Gasteiger partial charge in [0.1, 0.15) is 11.6 Å². The van der Waals surface area contributed by atoms with E-state index >= 15 is 0 Å². The number of aromatic nitrogens is 1. The molecule has 43 heavy (non-hydrogen) atoms. The molecule has 0 saturated carbocycles. The number of methoxy groups -OCH3 is 1. The van der Waals surface area contributed by atoms with E-state index in [9.17, 15) is 4.79 Å². The largest absolute Gasteiger partial charge is 0.497 e. The highest BCUT2D eigenvalue weighted by molar-refractivity contribution is 5.79.